The van der Waals surface area contributed by atoms with Gasteiger partial charge in [0.15, 0.2) is 5.96 Å². The van der Waals surface area contributed by atoms with E-state index in [1.54, 1.807) is 7.05 Å². The second kappa shape index (κ2) is 11.1. The Kier molecular flexibility index (Phi) is 9.48. The molecule has 1 rings (SSSR count). The number of rotatable bonds is 9. The minimum absolute atomic E-state index is 0.268. The number of halogens is 3. The molecule has 0 amide bonds. The lowest BCUT2D eigenvalue weighted by Crippen LogP contribution is -2.42. The number of hydrogen-bond donors (Lipinski definition) is 2. The van der Waals surface area contributed by atoms with Crippen molar-refractivity contribution in [1.29, 1.82) is 0 Å². The van der Waals surface area contributed by atoms with E-state index in [0.717, 1.165) is 50.2 Å². The van der Waals surface area contributed by atoms with Crippen molar-refractivity contribution in [2.24, 2.45) is 4.99 Å². The summed E-state index contributed by atoms with van der Waals surface area (Å²) >= 11 is 0. The number of hydrogen-bond acceptors (Lipinski definition) is 2. The van der Waals surface area contributed by atoms with Crippen LogP contribution in [0.4, 0.5) is 13.2 Å². The van der Waals surface area contributed by atoms with Gasteiger partial charge in [0.1, 0.15) is 0 Å². The normalized spacial score (nSPS) is 13.8. The first kappa shape index (κ1) is 22.3. The van der Waals surface area contributed by atoms with Crippen LogP contribution in [0.3, 0.4) is 0 Å². The van der Waals surface area contributed by atoms with Crippen LogP contribution in [-0.2, 0) is 12.7 Å². The average molecular weight is 372 g/mol. The fourth-order valence-corrected chi connectivity index (χ4v) is 2.66. The highest BCUT2D eigenvalue weighted by molar-refractivity contribution is 5.79. The lowest BCUT2D eigenvalue weighted by atomic mass is 10.1. The van der Waals surface area contributed by atoms with Crippen LogP contribution in [0.1, 0.15) is 44.7 Å². The molecule has 4 nitrogen and oxygen atoms in total. The molecule has 0 radical (unpaired) electrons. The molecular formula is C19H31F3N4. The molecule has 1 unspecified atom stereocenters. The van der Waals surface area contributed by atoms with Crippen molar-refractivity contribution in [1.82, 2.24) is 15.5 Å². The maximum atomic E-state index is 12.6. The number of nitrogens with one attached hydrogen (secondary N) is 2. The third kappa shape index (κ3) is 8.08. The Balaban J connectivity index is 2.40. The Morgan fingerprint density at radius 3 is 2.27 bits per heavy atom. The molecule has 0 aromatic heterocycles. The van der Waals surface area contributed by atoms with Crippen LogP contribution in [-0.4, -0.2) is 43.6 Å². The van der Waals surface area contributed by atoms with Crippen LogP contribution in [0.15, 0.2) is 29.3 Å². The monoisotopic (exact) mass is 372 g/mol. The largest absolute Gasteiger partial charge is 0.416 e. The van der Waals surface area contributed by atoms with Gasteiger partial charge in [-0.2, -0.15) is 13.2 Å². The third-order valence-electron chi connectivity index (χ3n) is 4.35. The molecule has 26 heavy (non-hydrogen) atoms. The zero-order valence-corrected chi connectivity index (χ0v) is 16.2. The molecule has 0 bridgehead atoms. The van der Waals surface area contributed by atoms with Gasteiger partial charge in [0, 0.05) is 19.6 Å². The molecule has 0 heterocycles. The topological polar surface area (TPSA) is 39.7 Å². The molecule has 7 heteroatoms. The Morgan fingerprint density at radius 1 is 1.15 bits per heavy atom. The van der Waals surface area contributed by atoms with E-state index in [0.29, 0.717) is 12.5 Å². The van der Waals surface area contributed by atoms with Gasteiger partial charge < -0.3 is 15.5 Å². The lowest BCUT2D eigenvalue weighted by molar-refractivity contribution is -0.137. The number of alkyl halides is 3. The van der Waals surface area contributed by atoms with Gasteiger partial charge in [0.2, 0.25) is 0 Å². The molecule has 148 valence electrons. The van der Waals surface area contributed by atoms with Crippen molar-refractivity contribution in [3.63, 3.8) is 0 Å². The summed E-state index contributed by atoms with van der Waals surface area (Å²) in [6, 6.07) is 5.43. The van der Waals surface area contributed by atoms with Crippen LogP contribution in [0.25, 0.3) is 0 Å². The van der Waals surface area contributed by atoms with Crippen molar-refractivity contribution in [2.75, 3.05) is 26.7 Å². The van der Waals surface area contributed by atoms with Crippen molar-refractivity contribution in [3.05, 3.63) is 35.4 Å². The SMILES string of the molecule is CCN(CC)CCCC(C)NC(=NC)NCc1ccc(C(F)(F)F)cc1. The fourth-order valence-electron chi connectivity index (χ4n) is 2.66. The highest BCUT2D eigenvalue weighted by Crippen LogP contribution is 2.28. The molecule has 0 aliphatic rings. The number of guanidine groups is 1. The first-order valence-corrected chi connectivity index (χ1v) is 9.15. The Morgan fingerprint density at radius 2 is 1.77 bits per heavy atom. The number of nitrogens with zero attached hydrogens (tertiary/aromatic N) is 2. The minimum atomic E-state index is -4.30. The maximum Gasteiger partial charge on any atom is 0.416 e. The molecule has 0 spiro atoms. The Hall–Kier alpha value is -1.76. The van der Waals surface area contributed by atoms with Crippen molar-refractivity contribution >= 4 is 5.96 Å². The first-order valence-electron chi connectivity index (χ1n) is 9.15. The first-order chi connectivity index (χ1) is 12.3. The van der Waals surface area contributed by atoms with E-state index >= 15 is 0 Å². The van der Waals surface area contributed by atoms with Gasteiger partial charge >= 0.3 is 6.18 Å². The average Bonchev–Trinajstić information content (AvgIpc) is 2.61. The molecule has 2 N–H and O–H groups in total. The summed E-state index contributed by atoms with van der Waals surface area (Å²) in [4.78, 5) is 6.57. The van der Waals surface area contributed by atoms with Crippen LogP contribution >= 0.6 is 0 Å². The van der Waals surface area contributed by atoms with E-state index < -0.39 is 11.7 Å². The lowest BCUT2D eigenvalue weighted by Gasteiger charge is -2.21. The zero-order valence-electron chi connectivity index (χ0n) is 16.2. The van der Waals surface area contributed by atoms with Crippen LogP contribution < -0.4 is 10.6 Å². The Labute approximate surface area is 154 Å². The molecule has 1 atom stereocenters. The summed E-state index contributed by atoms with van der Waals surface area (Å²) in [7, 11) is 1.69. The maximum absolute atomic E-state index is 12.6. The number of aliphatic imine (C=N–C) groups is 1. The van der Waals surface area contributed by atoms with E-state index in [-0.39, 0.29) is 6.04 Å². The summed E-state index contributed by atoms with van der Waals surface area (Å²) < 4.78 is 37.7. The molecule has 0 aliphatic heterocycles. The second-order valence-electron chi connectivity index (χ2n) is 6.33. The fraction of sp³-hybridized carbons (Fsp3) is 0.632. The molecule has 0 saturated heterocycles. The second-order valence-corrected chi connectivity index (χ2v) is 6.33. The summed E-state index contributed by atoms with van der Waals surface area (Å²) in [6.07, 6.45) is -2.17. The molecule has 1 aromatic carbocycles. The molecular weight excluding hydrogens is 341 g/mol. The van der Waals surface area contributed by atoms with Crippen molar-refractivity contribution in [2.45, 2.75) is 52.4 Å². The molecule has 0 fully saturated rings. The standard InChI is InChI=1S/C19H31F3N4/c1-5-26(6-2)13-7-8-15(3)25-18(23-4)24-14-16-9-11-17(12-10-16)19(20,21)22/h9-12,15H,5-8,13-14H2,1-4H3,(H2,23,24,25). The molecule has 0 aliphatic carbocycles. The van der Waals surface area contributed by atoms with Gasteiger partial charge in [-0.3, -0.25) is 4.99 Å². The quantitative estimate of drug-likeness (QED) is 0.510. The van der Waals surface area contributed by atoms with E-state index in [4.69, 9.17) is 0 Å². The third-order valence-corrected chi connectivity index (χ3v) is 4.35. The van der Waals surface area contributed by atoms with E-state index in [2.05, 4.69) is 41.3 Å². The number of benzene rings is 1. The Bertz CT molecular complexity index is 537. The predicted molar refractivity (Wildman–Crippen MR) is 101 cm³/mol. The summed E-state index contributed by atoms with van der Waals surface area (Å²) in [5.41, 5.74) is 0.140. The van der Waals surface area contributed by atoms with E-state index in [9.17, 15) is 13.2 Å². The highest BCUT2D eigenvalue weighted by atomic mass is 19.4. The predicted octanol–water partition coefficient (Wildman–Crippen LogP) is 3.88. The van der Waals surface area contributed by atoms with Gasteiger partial charge in [-0.15, -0.1) is 0 Å². The van der Waals surface area contributed by atoms with Crippen LogP contribution in [0.2, 0.25) is 0 Å². The van der Waals surface area contributed by atoms with E-state index in [1.807, 2.05) is 0 Å². The highest BCUT2D eigenvalue weighted by Gasteiger charge is 2.29. The van der Waals surface area contributed by atoms with E-state index in [1.165, 1.54) is 12.1 Å². The van der Waals surface area contributed by atoms with Gasteiger partial charge in [-0.25, -0.2) is 0 Å². The van der Waals surface area contributed by atoms with Gasteiger partial charge in [0.25, 0.3) is 0 Å². The van der Waals surface area contributed by atoms with Gasteiger partial charge in [-0.05, 0) is 57.1 Å². The minimum Gasteiger partial charge on any atom is -0.354 e. The summed E-state index contributed by atoms with van der Waals surface area (Å²) in [5.74, 6) is 0.653. The summed E-state index contributed by atoms with van der Waals surface area (Å²) in [5, 5.41) is 6.47. The van der Waals surface area contributed by atoms with Gasteiger partial charge in [-0.1, -0.05) is 26.0 Å². The van der Waals surface area contributed by atoms with Crippen LogP contribution in [0.5, 0.6) is 0 Å². The smallest absolute Gasteiger partial charge is 0.354 e. The van der Waals surface area contributed by atoms with Crippen molar-refractivity contribution < 1.29 is 13.2 Å². The van der Waals surface area contributed by atoms with Gasteiger partial charge in [0.05, 0.1) is 5.56 Å². The molecule has 1 aromatic rings. The summed E-state index contributed by atoms with van der Waals surface area (Å²) in [6.45, 7) is 10.1. The van der Waals surface area contributed by atoms with Crippen LogP contribution in [0, 0.1) is 0 Å². The zero-order chi connectivity index (χ0) is 19.6. The molecule has 0 saturated carbocycles. The van der Waals surface area contributed by atoms with Crippen molar-refractivity contribution in [3.8, 4) is 0 Å².